The number of H-pyrrole nitrogens is 1. The topological polar surface area (TPSA) is 188 Å². The zero-order valence-electron chi connectivity index (χ0n) is 22.8. The number of nitrogens with one attached hydrogen (secondary N) is 2. The fourth-order valence-electron chi connectivity index (χ4n) is 3.83. The molecule has 18 heteroatoms. The molecule has 0 bridgehead atoms. The van der Waals surface area contributed by atoms with Crippen LogP contribution >= 0.6 is 0 Å². The zero-order valence-corrected chi connectivity index (χ0v) is 22.8. The van der Waals surface area contributed by atoms with Crippen LogP contribution in [0, 0.1) is 0 Å². The first-order valence-corrected chi connectivity index (χ1v) is 12.5. The molecule has 3 aromatic rings. The van der Waals surface area contributed by atoms with E-state index in [1.807, 2.05) is 41.3 Å². The Kier molecular flexibility index (Phi) is 12.1. The lowest BCUT2D eigenvalue weighted by Gasteiger charge is -2.34. The molecule has 1 saturated heterocycles. The Labute approximate surface area is 244 Å². The first-order valence-electron chi connectivity index (χ1n) is 12.5. The van der Waals surface area contributed by atoms with Crippen LogP contribution in [0.4, 0.5) is 32.0 Å². The number of aliphatic carboxylic acids is 2. The number of nitrogens with zero attached hydrogens (tertiary/aromatic N) is 2. The van der Waals surface area contributed by atoms with Gasteiger partial charge in [-0.1, -0.05) is 18.2 Å². The zero-order chi connectivity index (χ0) is 33.2. The predicted octanol–water partition coefficient (Wildman–Crippen LogP) is 3.30. The van der Waals surface area contributed by atoms with Crippen LogP contribution in [-0.4, -0.2) is 81.5 Å². The van der Waals surface area contributed by atoms with Gasteiger partial charge in [0, 0.05) is 19.1 Å². The molecule has 0 spiro atoms. The third-order valence-corrected chi connectivity index (χ3v) is 6.06. The summed E-state index contributed by atoms with van der Waals surface area (Å²) in [6.07, 6.45) is -7.17. The van der Waals surface area contributed by atoms with Crippen molar-refractivity contribution in [3.8, 4) is 5.75 Å². The van der Waals surface area contributed by atoms with Crippen LogP contribution in [0.15, 0.2) is 53.6 Å². The van der Waals surface area contributed by atoms with Gasteiger partial charge < -0.3 is 35.9 Å². The summed E-state index contributed by atoms with van der Waals surface area (Å²) >= 11 is 0. The number of piperidine rings is 1. The minimum Gasteiger partial charge on any atom is -0.497 e. The standard InChI is InChI=1S/C22H25N5O3.2C2HF3O2/c1-30-16-7-5-14(6-8-16)19(23)22(29)27-11-9-15(10-12-27)26-18-4-2-3-17-20(18)24-13-25-21(17)28;2*3-2(4,5)1(6)7/h2-8,13,15,19,26H,9-12,23H2,1H3,(H,24,25,28);2*(H,6,7). The van der Waals surface area contributed by atoms with Gasteiger partial charge in [-0.05, 0) is 42.7 Å². The molecule has 4 rings (SSSR count). The number of rotatable bonds is 5. The van der Waals surface area contributed by atoms with E-state index in [9.17, 15) is 35.9 Å². The number of amides is 1. The van der Waals surface area contributed by atoms with Crippen molar-refractivity contribution >= 4 is 34.4 Å². The number of likely N-dealkylation sites (tertiary alicyclic amines) is 1. The molecule has 240 valence electrons. The smallest absolute Gasteiger partial charge is 0.490 e. The molecule has 6 N–H and O–H groups in total. The molecule has 1 unspecified atom stereocenters. The normalized spacial score (nSPS) is 14.3. The summed E-state index contributed by atoms with van der Waals surface area (Å²) in [5.41, 5.74) is 8.31. The van der Waals surface area contributed by atoms with Crippen molar-refractivity contribution in [2.75, 3.05) is 25.5 Å². The van der Waals surface area contributed by atoms with Gasteiger partial charge in [0.15, 0.2) is 0 Å². The maximum Gasteiger partial charge on any atom is 0.490 e. The molecule has 2 aromatic carbocycles. The number of fused-ring (bicyclic) bond motifs is 1. The molecule has 0 aliphatic carbocycles. The summed E-state index contributed by atoms with van der Waals surface area (Å²) in [7, 11) is 1.60. The van der Waals surface area contributed by atoms with Gasteiger partial charge in [-0.3, -0.25) is 9.59 Å². The molecule has 1 amide bonds. The highest BCUT2D eigenvalue weighted by atomic mass is 19.4. The van der Waals surface area contributed by atoms with Gasteiger partial charge in [-0.25, -0.2) is 14.6 Å². The lowest BCUT2D eigenvalue weighted by atomic mass is 10.0. The van der Waals surface area contributed by atoms with E-state index in [4.69, 9.17) is 30.3 Å². The van der Waals surface area contributed by atoms with E-state index in [0.29, 0.717) is 24.0 Å². The van der Waals surface area contributed by atoms with Crippen LogP contribution in [0.3, 0.4) is 0 Å². The highest BCUT2D eigenvalue weighted by molar-refractivity contribution is 5.89. The third-order valence-electron chi connectivity index (χ3n) is 6.06. The van der Waals surface area contributed by atoms with Crippen LogP contribution in [0.1, 0.15) is 24.4 Å². The molecule has 1 aliphatic heterocycles. The number of nitrogens with two attached hydrogens (primary N) is 1. The highest BCUT2D eigenvalue weighted by Crippen LogP contribution is 2.24. The molecule has 1 aliphatic rings. The first-order chi connectivity index (χ1) is 20.4. The molecule has 0 radical (unpaired) electrons. The fourth-order valence-corrected chi connectivity index (χ4v) is 3.83. The molecular formula is C26H27F6N5O7. The Hall–Kier alpha value is -4.87. The Balaban J connectivity index is 0.000000402. The number of carbonyl (C=O) groups is 3. The quantitative estimate of drug-likeness (QED) is 0.260. The Morgan fingerprint density at radius 2 is 1.52 bits per heavy atom. The minimum atomic E-state index is -5.08. The molecule has 0 saturated carbocycles. The van der Waals surface area contributed by atoms with Crippen LogP contribution in [0.5, 0.6) is 5.75 Å². The second kappa shape index (κ2) is 15.0. The van der Waals surface area contributed by atoms with Crippen molar-refractivity contribution in [3.63, 3.8) is 0 Å². The van der Waals surface area contributed by atoms with Crippen LogP contribution in [0.25, 0.3) is 10.9 Å². The van der Waals surface area contributed by atoms with Crippen LogP contribution in [0.2, 0.25) is 0 Å². The van der Waals surface area contributed by atoms with Crippen molar-refractivity contribution in [3.05, 3.63) is 64.7 Å². The highest BCUT2D eigenvalue weighted by Gasteiger charge is 2.39. The molecular weight excluding hydrogens is 608 g/mol. The van der Waals surface area contributed by atoms with Gasteiger partial charge in [-0.15, -0.1) is 0 Å². The second-order valence-electron chi connectivity index (χ2n) is 9.03. The predicted molar refractivity (Wildman–Crippen MR) is 143 cm³/mol. The molecule has 1 aromatic heterocycles. The molecule has 2 heterocycles. The molecule has 1 fully saturated rings. The number of anilines is 1. The lowest BCUT2D eigenvalue weighted by Crippen LogP contribution is -2.45. The van der Waals surface area contributed by atoms with E-state index in [2.05, 4.69) is 15.3 Å². The summed E-state index contributed by atoms with van der Waals surface area (Å²) in [6, 6.07) is 12.3. The lowest BCUT2D eigenvalue weighted by molar-refractivity contribution is -0.193. The van der Waals surface area contributed by atoms with Crippen molar-refractivity contribution in [1.82, 2.24) is 14.9 Å². The second-order valence-corrected chi connectivity index (χ2v) is 9.03. The first kappa shape index (κ1) is 35.3. The van der Waals surface area contributed by atoms with Crippen molar-refractivity contribution < 1.29 is 55.7 Å². The number of alkyl halides is 6. The number of ether oxygens (including phenoxy) is 1. The summed E-state index contributed by atoms with van der Waals surface area (Å²) in [6.45, 7) is 1.25. The Morgan fingerprint density at radius 3 is 2.00 bits per heavy atom. The maximum atomic E-state index is 12.8. The van der Waals surface area contributed by atoms with E-state index >= 15 is 0 Å². The number of hydrogen-bond acceptors (Lipinski definition) is 8. The average molecular weight is 636 g/mol. The number of aromatic nitrogens is 2. The number of carboxylic acid groups (broad SMARTS) is 2. The van der Waals surface area contributed by atoms with Crippen LogP contribution < -0.4 is 21.3 Å². The number of para-hydroxylation sites is 1. The Bertz CT molecular complexity index is 1460. The van der Waals surface area contributed by atoms with E-state index < -0.39 is 30.3 Å². The summed E-state index contributed by atoms with van der Waals surface area (Å²) in [4.78, 5) is 51.3. The molecule has 1 atom stereocenters. The van der Waals surface area contributed by atoms with Gasteiger partial charge in [0.2, 0.25) is 5.91 Å². The van der Waals surface area contributed by atoms with E-state index in [1.54, 1.807) is 13.2 Å². The summed E-state index contributed by atoms with van der Waals surface area (Å²) < 4.78 is 68.6. The van der Waals surface area contributed by atoms with Crippen LogP contribution in [-0.2, 0) is 14.4 Å². The van der Waals surface area contributed by atoms with E-state index in [1.165, 1.54) is 6.33 Å². The number of halogens is 6. The Morgan fingerprint density at radius 1 is 1.00 bits per heavy atom. The monoisotopic (exact) mass is 635 g/mol. The van der Waals surface area contributed by atoms with Gasteiger partial charge in [0.05, 0.1) is 24.5 Å². The van der Waals surface area contributed by atoms with Crippen molar-refractivity contribution in [2.24, 2.45) is 5.73 Å². The largest absolute Gasteiger partial charge is 0.497 e. The van der Waals surface area contributed by atoms with Crippen molar-refractivity contribution in [2.45, 2.75) is 37.3 Å². The van der Waals surface area contributed by atoms with Gasteiger partial charge >= 0.3 is 24.3 Å². The van der Waals surface area contributed by atoms with E-state index in [-0.39, 0.29) is 17.5 Å². The number of methoxy groups -OCH3 is 1. The number of carbonyl (C=O) groups excluding carboxylic acids is 1. The van der Waals surface area contributed by atoms with Gasteiger partial charge in [0.25, 0.3) is 5.56 Å². The van der Waals surface area contributed by atoms with Gasteiger partial charge in [-0.2, -0.15) is 26.3 Å². The summed E-state index contributed by atoms with van der Waals surface area (Å²) in [5.74, 6) is -4.85. The summed E-state index contributed by atoms with van der Waals surface area (Å²) in [5, 5.41) is 18.3. The average Bonchev–Trinajstić information content (AvgIpc) is 2.97. The number of hydrogen-bond donors (Lipinski definition) is 5. The molecule has 12 nitrogen and oxygen atoms in total. The minimum absolute atomic E-state index is 0.0722. The van der Waals surface area contributed by atoms with Crippen molar-refractivity contribution in [1.29, 1.82) is 0 Å². The third kappa shape index (κ3) is 10.1. The number of benzene rings is 2. The maximum absolute atomic E-state index is 12.8. The number of aromatic amines is 1. The molecule has 44 heavy (non-hydrogen) atoms. The fraction of sp³-hybridized carbons (Fsp3) is 0.346. The van der Waals surface area contributed by atoms with Gasteiger partial charge in [0.1, 0.15) is 17.3 Å². The number of carboxylic acids is 2. The van der Waals surface area contributed by atoms with E-state index in [0.717, 1.165) is 29.8 Å². The SMILES string of the molecule is COc1ccc(C(N)C(=O)N2CCC(Nc3cccc4c(=O)[nH]cnc34)CC2)cc1.O=C(O)C(F)(F)F.O=C(O)C(F)(F)F.